The van der Waals surface area contributed by atoms with Crippen LogP contribution in [0.2, 0.25) is 0 Å². The molecule has 0 N–H and O–H groups in total. The van der Waals surface area contributed by atoms with Crippen LogP contribution in [0, 0.1) is 0 Å². The number of hydrogen-bond acceptors (Lipinski definition) is 3. The molecule has 0 unspecified atom stereocenters. The Morgan fingerprint density at radius 3 is 2.65 bits per heavy atom. The molecule has 1 saturated carbocycles. The third-order valence-corrected chi connectivity index (χ3v) is 2.62. The number of rotatable bonds is 4. The van der Waals surface area contributed by atoms with Gasteiger partial charge in [0.05, 0.1) is 11.7 Å². The van der Waals surface area contributed by atoms with E-state index in [0.717, 1.165) is 12.8 Å². The topological polar surface area (TPSA) is 46.6 Å². The number of benzene rings is 1. The van der Waals surface area contributed by atoms with Crippen molar-refractivity contribution in [1.29, 1.82) is 0 Å². The molecule has 0 aromatic heterocycles. The Labute approximate surface area is 100 Å². The van der Waals surface area contributed by atoms with Crippen molar-refractivity contribution in [3.8, 4) is 5.75 Å². The van der Waals surface area contributed by atoms with Crippen LogP contribution in [-0.2, 0) is 0 Å². The van der Waals surface area contributed by atoms with Gasteiger partial charge in [0.2, 0.25) is 0 Å². The van der Waals surface area contributed by atoms with E-state index in [1.54, 1.807) is 32.3 Å². The molecule has 1 aromatic rings. The quantitative estimate of drug-likeness (QED) is 0.744. The molecule has 17 heavy (non-hydrogen) atoms. The highest BCUT2D eigenvalue weighted by Gasteiger charge is 2.27. The third kappa shape index (κ3) is 2.46. The molecule has 0 spiro atoms. The molecule has 1 aliphatic rings. The average Bonchev–Trinajstić information content (AvgIpc) is 3.11. The summed E-state index contributed by atoms with van der Waals surface area (Å²) in [6.45, 7) is 0. The van der Waals surface area contributed by atoms with Crippen LogP contribution in [0.3, 0.4) is 0 Å². The first-order chi connectivity index (χ1) is 8.13. The molecule has 0 radical (unpaired) electrons. The van der Waals surface area contributed by atoms with Crippen LogP contribution >= 0.6 is 0 Å². The summed E-state index contributed by atoms with van der Waals surface area (Å²) in [5.41, 5.74) is 0.737. The largest absolute Gasteiger partial charge is 0.490 e. The summed E-state index contributed by atoms with van der Waals surface area (Å²) in [5.74, 6) is 0.305. The summed E-state index contributed by atoms with van der Waals surface area (Å²) in [7, 11) is 3.32. The molecule has 0 atom stereocenters. The maximum absolute atomic E-state index is 12.0. The molecule has 1 aromatic carbocycles. The average molecular weight is 233 g/mol. The van der Waals surface area contributed by atoms with Crippen molar-refractivity contribution in [3.63, 3.8) is 0 Å². The summed E-state index contributed by atoms with van der Waals surface area (Å²) < 4.78 is 5.66. The highest BCUT2D eigenvalue weighted by atomic mass is 16.5. The lowest BCUT2D eigenvalue weighted by Crippen LogP contribution is -2.24. The highest BCUT2D eigenvalue weighted by Crippen LogP contribution is 2.30. The van der Waals surface area contributed by atoms with Gasteiger partial charge >= 0.3 is 0 Å². The van der Waals surface area contributed by atoms with Gasteiger partial charge in [0, 0.05) is 19.7 Å². The van der Waals surface area contributed by atoms with E-state index in [4.69, 9.17) is 4.74 Å². The molecule has 1 aliphatic carbocycles. The zero-order valence-corrected chi connectivity index (χ0v) is 9.97. The van der Waals surface area contributed by atoms with Crippen molar-refractivity contribution in [2.75, 3.05) is 14.1 Å². The molecule has 0 bridgehead atoms. The summed E-state index contributed by atoms with van der Waals surface area (Å²) in [6, 6.07) is 5.10. The second kappa shape index (κ2) is 4.57. The van der Waals surface area contributed by atoms with E-state index in [1.165, 1.54) is 4.90 Å². The Balaban J connectivity index is 2.42. The van der Waals surface area contributed by atoms with Crippen molar-refractivity contribution in [1.82, 2.24) is 4.90 Å². The summed E-state index contributed by atoms with van der Waals surface area (Å²) in [6.07, 6.45) is 2.92. The fraction of sp³-hybridized carbons (Fsp3) is 0.385. The Kier molecular flexibility index (Phi) is 3.13. The number of carbonyl (C=O) groups excluding carboxylic acids is 2. The SMILES string of the molecule is CN(C)C(=O)c1c(C=O)cccc1OC1CC1. The number of amides is 1. The van der Waals surface area contributed by atoms with Crippen molar-refractivity contribution < 1.29 is 14.3 Å². The first-order valence-corrected chi connectivity index (χ1v) is 5.60. The number of carbonyl (C=O) groups is 2. The number of ether oxygens (including phenoxy) is 1. The standard InChI is InChI=1S/C13H15NO3/c1-14(2)13(16)12-9(8-15)4-3-5-11(12)17-10-6-7-10/h3-5,8,10H,6-7H2,1-2H3. The fourth-order valence-corrected chi connectivity index (χ4v) is 1.56. The summed E-state index contributed by atoms with van der Waals surface area (Å²) in [5, 5.41) is 0. The van der Waals surface area contributed by atoms with Crippen LogP contribution in [0.5, 0.6) is 5.75 Å². The van der Waals surface area contributed by atoms with E-state index in [1.807, 2.05) is 0 Å². The number of hydrogen-bond donors (Lipinski definition) is 0. The van der Waals surface area contributed by atoms with Crippen LogP contribution < -0.4 is 4.74 Å². The maximum Gasteiger partial charge on any atom is 0.257 e. The molecule has 4 heteroatoms. The molecule has 4 nitrogen and oxygen atoms in total. The van der Waals surface area contributed by atoms with E-state index in [-0.39, 0.29) is 12.0 Å². The van der Waals surface area contributed by atoms with E-state index in [0.29, 0.717) is 23.2 Å². The first kappa shape index (κ1) is 11.6. The lowest BCUT2D eigenvalue weighted by atomic mass is 10.1. The highest BCUT2D eigenvalue weighted by molar-refractivity contribution is 6.03. The monoisotopic (exact) mass is 233 g/mol. The van der Waals surface area contributed by atoms with Crippen molar-refractivity contribution in [2.45, 2.75) is 18.9 Å². The molecule has 0 aliphatic heterocycles. The second-order valence-electron chi connectivity index (χ2n) is 4.36. The Morgan fingerprint density at radius 2 is 2.12 bits per heavy atom. The number of aldehydes is 1. The number of nitrogens with zero attached hydrogens (tertiary/aromatic N) is 1. The minimum Gasteiger partial charge on any atom is -0.490 e. The van der Waals surface area contributed by atoms with Crippen LogP contribution in [0.1, 0.15) is 33.6 Å². The van der Waals surface area contributed by atoms with Crippen molar-refractivity contribution in [2.24, 2.45) is 0 Å². The van der Waals surface area contributed by atoms with Crippen molar-refractivity contribution in [3.05, 3.63) is 29.3 Å². The van der Waals surface area contributed by atoms with Crippen molar-refractivity contribution >= 4 is 12.2 Å². The third-order valence-electron chi connectivity index (χ3n) is 2.62. The molecule has 2 rings (SSSR count). The van der Waals surface area contributed by atoms with E-state index in [2.05, 4.69) is 0 Å². The summed E-state index contributed by atoms with van der Waals surface area (Å²) in [4.78, 5) is 24.5. The molecule has 1 fully saturated rings. The molecule has 90 valence electrons. The van der Waals surface area contributed by atoms with Crippen LogP contribution in [0.4, 0.5) is 0 Å². The molecular formula is C13H15NO3. The van der Waals surface area contributed by atoms with Crippen LogP contribution in [0.25, 0.3) is 0 Å². The van der Waals surface area contributed by atoms with Crippen LogP contribution in [0.15, 0.2) is 18.2 Å². The van der Waals surface area contributed by atoms with Crippen LogP contribution in [-0.4, -0.2) is 37.3 Å². The molecule has 0 heterocycles. The van der Waals surface area contributed by atoms with Gasteiger partial charge < -0.3 is 9.64 Å². The first-order valence-electron chi connectivity index (χ1n) is 5.60. The molecule has 1 amide bonds. The fourth-order valence-electron chi connectivity index (χ4n) is 1.56. The Morgan fingerprint density at radius 1 is 1.41 bits per heavy atom. The van der Waals surface area contributed by atoms with Gasteiger partial charge in [-0.2, -0.15) is 0 Å². The normalized spacial score (nSPS) is 14.2. The Hall–Kier alpha value is -1.84. The maximum atomic E-state index is 12.0. The van der Waals surface area contributed by atoms with Gasteiger partial charge in [0.15, 0.2) is 6.29 Å². The van der Waals surface area contributed by atoms with Gasteiger partial charge in [0.1, 0.15) is 5.75 Å². The van der Waals surface area contributed by atoms with Gasteiger partial charge in [-0.05, 0) is 18.9 Å². The second-order valence-corrected chi connectivity index (χ2v) is 4.36. The Bertz CT molecular complexity index is 450. The zero-order valence-electron chi connectivity index (χ0n) is 9.97. The predicted octanol–water partition coefficient (Wildman–Crippen LogP) is 1.74. The zero-order chi connectivity index (χ0) is 12.4. The van der Waals surface area contributed by atoms with Gasteiger partial charge in [-0.15, -0.1) is 0 Å². The minimum atomic E-state index is -0.205. The lowest BCUT2D eigenvalue weighted by Gasteiger charge is -2.16. The van der Waals surface area contributed by atoms with Gasteiger partial charge in [-0.3, -0.25) is 9.59 Å². The van der Waals surface area contributed by atoms with E-state index < -0.39 is 0 Å². The molecule has 0 saturated heterocycles. The van der Waals surface area contributed by atoms with Gasteiger partial charge in [0.25, 0.3) is 5.91 Å². The smallest absolute Gasteiger partial charge is 0.257 e. The lowest BCUT2D eigenvalue weighted by molar-refractivity contribution is 0.0819. The van der Waals surface area contributed by atoms with E-state index in [9.17, 15) is 9.59 Å². The predicted molar refractivity (Wildman–Crippen MR) is 63.5 cm³/mol. The van der Waals surface area contributed by atoms with Gasteiger partial charge in [-0.1, -0.05) is 12.1 Å². The van der Waals surface area contributed by atoms with E-state index >= 15 is 0 Å². The molecular weight excluding hydrogens is 218 g/mol. The van der Waals surface area contributed by atoms with Gasteiger partial charge in [-0.25, -0.2) is 0 Å². The summed E-state index contributed by atoms with van der Waals surface area (Å²) >= 11 is 0. The minimum absolute atomic E-state index is 0.200.